The SMILES string of the molecule is C=C/C(=C\C=C(/C)C1=NN=C(c2cccc(OC)c2)OC1)C(=O)O. The van der Waals surface area contributed by atoms with Gasteiger partial charge in [0.25, 0.3) is 0 Å². The van der Waals surface area contributed by atoms with Gasteiger partial charge in [0.1, 0.15) is 18.1 Å². The van der Waals surface area contributed by atoms with Crippen LogP contribution in [-0.2, 0) is 9.53 Å². The number of hydrogen-bond donors (Lipinski definition) is 1. The van der Waals surface area contributed by atoms with Crippen molar-refractivity contribution >= 4 is 17.6 Å². The summed E-state index contributed by atoms with van der Waals surface area (Å²) in [5.74, 6) is 0.0907. The van der Waals surface area contributed by atoms with E-state index in [9.17, 15) is 4.79 Å². The predicted octanol–water partition coefficient (Wildman–Crippen LogP) is 2.97. The highest BCUT2D eigenvalue weighted by molar-refractivity contribution is 6.05. The Kier molecular flexibility index (Phi) is 5.68. The highest BCUT2D eigenvalue weighted by atomic mass is 16.5. The number of hydrogen-bond acceptors (Lipinski definition) is 5. The van der Waals surface area contributed by atoms with Gasteiger partial charge in [0.15, 0.2) is 0 Å². The van der Waals surface area contributed by atoms with Gasteiger partial charge >= 0.3 is 5.97 Å². The second-order valence-electron chi connectivity index (χ2n) is 4.95. The minimum atomic E-state index is -1.03. The second-order valence-corrected chi connectivity index (χ2v) is 4.95. The lowest BCUT2D eigenvalue weighted by atomic mass is 10.1. The van der Waals surface area contributed by atoms with Gasteiger partial charge < -0.3 is 14.6 Å². The number of nitrogens with zero attached hydrogens (tertiary/aromatic N) is 2. The third-order valence-electron chi connectivity index (χ3n) is 3.36. The molecular weight excluding hydrogens is 308 g/mol. The Morgan fingerprint density at radius 1 is 1.38 bits per heavy atom. The fourth-order valence-corrected chi connectivity index (χ4v) is 1.93. The van der Waals surface area contributed by atoms with Crippen LogP contribution < -0.4 is 4.74 Å². The standard InChI is InChI=1S/C18H18N2O4/c1-4-13(18(21)22)9-8-12(2)16-11-24-17(20-19-16)14-6-5-7-15(10-14)23-3/h4-10H,1,11H2,2-3H3,(H,21,22)/b12-8+,13-9+. The zero-order valence-electron chi connectivity index (χ0n) is 13.5. The highest BCUT2D eigenvalue weighted by Gasteiger charge is 2.14. The van der Waals surface area contributed by atoms with Crippen LogP contribution in [0.4, 0.5) is 0 Å². The van der Waals surface area contributed by atoms with Crippen molar-refractivity contribution in [2.75, 3.05) is 13.7 Å². The number of rotatable bonds is 6. The van der Waals surface area contributed by atoms with Crippen LogP contribution in [0.2, 0.25) is 0 Å². The van der Waals surface area contributed by atoms with Crippen LogP contribution in [0.1, 0.15) is 12.5 Å². The van der Waals surface area contributed by atoms with Crippen LogP contribution >= 0.6 is 0 Å². The first kappa shape index (κ1) is 17.2. The van der Waals surface area contributed by atoms with Crippen molar-refractivity contribution in [3.8, 4) is 5.75 Å². The Balaban J connectivity index is 2.20. The molecule has 0 atom stereocenters. The molecule has 1 aliphatic rings. The lowest BCUT2D eigenvalue weighted by Gasteiger charge is -2.14. The van der Waals surface area contributed by atoms with Gasteiger partial charge in [-0.3, -0.25) is 0 Å². The number of allylic oxidation sites excluding steroid dienone is 2. The average molecular weight is 326 g/mol. The number of aliphatic carboxylic acids is 1. The van der Waals surface area contributed by atoms with Crippen LogP contribution in [0.3, 0.4) is 0 Å². The van der Waals surface area contributed by atoms with Crippen molar-refractivity contribution < 1.29 is 19.4 Å². The molecule has 0 radical (unpaired) electrons. The maximum Gasteiger partial charge on any atom is 0.335 e. The van der Waals surface area contributed by atoms with Gasteiger partial charge in [-0.1, -0.05) is 24.8 Å². The van der Waals surface area contributed by atoms with Crippen LogP contribution in [-0.4, -0.2) is 36.4 Å². The number of methoxy groups -OCH3 is 1. The maximum atomic E-state index is 10.9. The van der Waals surface area contributed by atoms with Gasteiger partial charge in [-0.2, -0.15) is 0 Å². The van der Waals surface area contributed by atoms with Crippen molar-refractivity contribution in [2.24, 2.45) is 10.2 Å². The van der Waals surface area contributed by atoms with E-state index in [4.69, 9.17) is 14.6 Å². The summed E-state index contributed by atoms with van der Waals surface area (Å²) in [6, 6.07) is 7.35. The second kappa shape index (κ2) is 7.92. The molecule has 0 spiro atoms. The fraction of sp³-hybridized carbons (Fsp3) is 0.167. The molecule has 6 heteroatoms. The van der Waals surface area contributed by atoms with Gasteiger partial charge in [-0.15, -0.1) is 10.2 Å². The summed E-state index contributed by atoms with van der Waals surface area (Å²) < 4.78 is 10.8. The zero-order valence-corrected chi connectivity index (χ0v) is 13.5. The molecule has 0 amide bonds. The van der Waals surface area contributed by atoms with E-state index in [1.807, 2.05) is 31.2 Å². The van der Waals surface area contributed by atoms with E-state index >= 15 is 0 Å². The number of carboxylic acids is 1. The summed E-state index contributed by atoms with van der Waals surface area (Å²) >= 11 is 0. The van der Waals surface area contributed by atoms with Crippen LogP contribution in [0, 0.1) is 0 Å². The predicted molar refractivity (Wildman–Crippen MR) is 92.6 cm³/mol. The Bertz CT molecular complexity index is 773. The van der Waals surface area contributed by atoms with Crippen molar-refractivity contribution in [1.82, 2.24) is 0 Å². The third kappa shape index (κ3) is 4.19. The Hall–Kier alpha value is -3.15. The molecule has 1 N–H and O–H groups in total. The molecule has 0 unspecified atom stereocenters. The minimum Gasteiger partial charge on any atom is -0.497 e. The van der Waals surface area contributed by atoms with E-state index in [0.29, 0.717) is 17.4 Å². The summed E-state index contributed by atoms with van der Waals surface area (Å²) in [6.45, 7) is 5.53. The Labute approximate surface area is 140 Å². The average Bonchev–Trinajstić information content (AvgIpc) is 2.62. The van der Waals surface area contributed by atoms with E-state index in [-0.39, 0.29) is 12.2 Å². The molecule has 0 aromatic heterocycles. The summed E-state index contributed by atoms with van der Waals surface area (Å²) in [7, 11) is 1.59. The van der Waals surface area contributed by atoms with E-state index in [2.05, 4.69) is 16.8 Å². The molecule has 124 valence electrons. The number of ether oxygens (including phenoxy) is 2. The molecule has 0 aliphatic carbocycles. The first-order valence-electron chi connectivity index (χ1n) is 7.21. The van der Waals surface area contributed by atoms with Gasteiger partial charge in [-0.25, -0.2) is 4.79 Å². The number of carbonyl (C=O) groups is 1. The molecule has 1 heterocycles. The van der Waals surface area contributed by atoms with Crippen molar-refractivity contribution in [3.05, 3.63) is 65.8 Å². The molecular formula is C18H18N2O4. The van der Waals surface area contributed by atoms with Crippen molar-refractivity contribution in [3.63, 3.8) is 0 Å². The van der Waals surface area contributed by atoms with E-state index in [1.165, 1.54) is 12.2 Å². The molecule has 0 bridgehead atoms. The van der Waals surface area contributed by atoms with Gasteiger partial charge in [0.05, 0.1) is 12.7 Å². The maximum absolute atomic E-state index is 10.9. The summed E-state index contributed by atoms with van der Waals surface area (Å²) in [4.78, 5) is 10.9. The molecule has 1 aliphatic heterocycles. The van der Waals surface area contributed by atoms with Gasteiger partial charge in [0.2, 0.25) is 5.90 Å². The van der Waals surface area contributed by atoms with Crippen molar-refractivity contribution in [2.45, 2.75) is 6.92 Å². The van der Waals surface area contributed by atoms with Crippen molar-refractivity contribution in [1.29, 1.82) is 0 Å². The molecule has 0 fully saturated rings. The van der Waals surface area contributed by atoms with E-state index in [0.717, 1.165) is 11.1 Å². The quantitative estimate of drug-likeness (QED) is 0.644. The highest BCUT2D eigenvalue weighted by Crippen LogP contribution is 2.16. The first-order valence-corrected chi connectivity index (χ1v) is 7.21. The molecule has 1 aromatic carbocycles. The summed E-state index contributed by atoms with van der Waals surface area (Å²) in [5.41, 5.74) is 2.28. The zero-order chi connectivity index (χ0) is 17.5. The number of carboxylic acid groups (broad SMARTS) is 1. The first-order chi connectivity index (χ1) is 11.5. The summed E-state index contributed by atoms with van der Waals surface area (Å²) in [6.07, 6.45) is 4.40. The van der Waals surface area contributed by atoms with E-state index in [1.54, 1.807) is 13.2 Å². The van der Waals surface area contributed by atoms with E-state index < -0.39 is 5.97 Å². The molecule has 0 saturated heterocycles. The fourth-order valence-electron chi connectivity index (χ4n) is 1.93. The number of benzene rings is 1. The topological polar surface area (TPSA) is 80.5 Å². The lowest BCUT2D eigenvalue weighted by Crippen LogP contribution is -2.19. The molecule has 6 nitrogen and oxygen atoms in total. The molecule has 1 aromatic rings. The van der Waals surface area contributed by atoms with Crippen LogP contribution in [0.25, 0.3) is 0 Å². The van der Waals surface area contributed by atoms with Crippen LogP contribution in [0.5, 0.6) is 5.75 Å². The lowest BCUT2D eigenvalue weighted by molar-refractivity contribution is -0.132. The van der Waals surface area contributed by atoms with Gasteiger partial charge in [0, 0.05) is 5.56 Å². The third-order valence-corrected chi connectivity index (χ3v) is 3.36. The Morgan fingerprint density at radius 3 is 2.75 bits per heavy atom. The smallest absolute Gasteiger partial charge is 0.335 e. The Morgan fingerprint density at radius 2 is 2.17 bits per heavy atom. The monoisotopic (exact) mass is 326 g/mol. The van der Waals surface area contributed by atoms with Crippen LogP contribution in [0.15, 0.2) is 70.4 Å². The normalized spacial score (nSPS) is 15.1. The molecule has 0 saturated carbocycles. The van der Waals surface area contributed by atoms with Gasteiger partial charge in [-0.05, 0) is 36.8 Å². The largest absolute Gasteiger partial charge is 0.497 e. The minimum absolute atomic E-state index is 0.104. The molecule has 2 rings (SSSR count). The summed E-state index contributed by atoms with van der Waals surface area (Å²) in [5, 5.41) is 17.2. The molecule has 24 heavy (non-hydrogen) atoms.